The maximum atomic E-state index is 10.6. The van der Waals surface area contributed by atoms with E-state index < -0.39 is 24.3 Å². The summed E-state index contributed by atoms with van der Waals surface area (Å²) in [5.41, 5.74) is 5.70. The van der Waals surface area contributed by atoms with Gasteiger partial charge in [-0.3, -0.25) is 5.41 Å². The molecule has 1 aromatic rings. The second-order valence-corrected chi connectivity index (χ2v) is 8.12. The van der Waals surface area contributed by atoms with Gasteiger partial charge in [0.25, 0.3) is 0 Å². The summed E-state index contributed by atoms with van der Waals surface area (Å²) in [5.74, 6) is -3.79. The van der Waals surface area contributed by atoms with E-state index in [1.165, 1.54) is 0 Å². The number of carboxylic acids is 2. The van der Waals surface area contributed by atoms with E-state index in [1.54, 1.807) is 6.20 Å². The summed E-state index contributed by atoms with van der Waals surface area (Å²) in [6, 6.07) is 1.92. The van der Waals surface area contributed by atoms with Crippen molar-refractivity contribution >= 4 is 29.7 Å². The summed E-state index contributed by atoms with van der Waals surface area (Å²) in [7, 11) is 0. The third-order valence-corrected chi connectivity index (χ3v) is 3.85. The first-order valence-corrected chi connectivity index (χ1v) is 9.75. The van der Waals surface area contributed by atoms with E-state index in [0.29, 0.717) is 5.95 Å². The van der Waals surface area contributed by atoms with Crippen LogP contribution in [0, 0.1) is 10.8 Å². The molecule has 0 amide bonds. The van der Waals surface area contributed by atoms with Gasteiger partial charge in [0.2, 0.25) is 5.95 Å². The minimum atomic E-state index is -5.08. The molecule has 2 heterocycles. The van der Waals surface area contributed by atoms with Crippen molar-refractivity contribution in [1.29, 1.82) is 5.41 Å². The molecule has 0 radical (unpaired) electrons. The smallest absolute Gasteiger partial charge is 0.475 e. The van der Waals surface area contributed by atoms with Gasteiger partial charge in [0.05, 0.1) is 0 Å². The second-order valence-electron chi connectivity index (χ2n) is 8.12. The highest BCUT2D eigenvalue weighted by molar-refractivity contribution is 5.75. The highest BCUT2D eigenvalue weighted by Crippen LogP contribution is 2.17. The number of aliphatic carboxylic acids is 2. The van der Waals surface area contributed by atoms with E-state index in [9.17, 15) is 26.3 Å². The third-order valence-electron chi connectivity index (χ3n) is 3.85. The predicted octanol–water partition coefficient (Wildman–Crippen LogP) is 2.22. The Morgan fingerprint density at radius 2 is 1.46 bits per heavy atom. The van der Waals surface area contributed by atoms with Gasteiger partial charge in [-0.25, -0.2) is 14.6 Å². The molecule has 1 fully saturated rings. The molecule has 1 aromatic heterocycles. The maximum Gasteiger partial charge on any atom is 0.490 e. The molecule has 0 unspecified atom stereocenters. The van der Waals surface area contributed by atoms with Crippen LogP contribution in [0.15, 0.2) is 12.3 Å². The Morgan fingerprint density at radius 3 is 1.80 bits per heavy atom. The lowest BCUT2D eigenvalue weighted by Crippen LogP contribution is -2.51. The molecule has 0 aromatic carbocycles. The number of hydrogen-bond donors (Lipinski definition) is 5. The molecule has 0 spiro atoms. The summed E-state index contributed by atoms with van der Waals surface area (Å²) >= 11 is 0. The van der Waals surface area contributed by atoms with Crippen LogP contribution in [0.25, 0.3) is 0 Å². The summed E-state index contributed by atoms with van der Waals surface area (Å²) in [5, 5.41) is 25.0. The van der Waals surface area contributed by atoms with Crippen LogP contribution < -0.4 is 16.0 Å². The van der Waals surface area contributed by atoms with Gasteiger partial charge >= 0.3 is 24.3 Å². The minimum Gasteiger partial charge on any atom is -0.475 e. The Kier molecular flexibility index (Phi) is 11.5. The lowest BCUT2D eigenvalue weighted by atomic mass is 9.97. The van der Waals surface area contributed by atoms with Crippen molar-refractivity contribution in [3.63, 3.8) is 0 Å². The molecule has 35 heavy (non-hydrogen) atoms. The number of hydrogen-bond acceptors (Lipinski definition) is 7. The molecule has 6 N–H and O–H groups in total. The number of carbonyl (C=O) groups is 2. The van der Waals surface area contributed by atoms with Gasteiger partial charge in [-0.15, -0.1) is 0 Å². The Morgan fingerprint density at radius 1 is 1.03 bits per heavy atom. The number of aromatic nitrogens is 2. The highest BCUT2D eigenvalue weighted by Gasteiger charge is 2.38. The Labute approximate surface area is 196 Å². The Hall–Kier alpha value is -3.53. The van der Waals surface area contributed by atoms with E-state index in [4.69, 9.17) is 30.9 Å². The van der Waals surface area contributed by atoms with Gasteiger partial charge in [0.1, 0.15) is 5.82 Å². The molecule has 1 aliphatic heterocycles. The number of anilines is 2. The van der Waals surface area contributed by atoms with Gasteiger partial charge in [-0.1, -0.05) is 20.8 Å². The van der Waals surface area contributed by atoms with Crippen LogP contribution in [-0.4, -0.2) is 88.1 Å². The summed E-state index contributed by atoms with van der Waals surface area (Å²) in [4.78, 5) is 30.7. The minimum absolute atomic E-state index is 0.143. The molecular weight excluding hydrogens is 492 g/mol. The number of nitrogens with one attached hydrogen (secondary N) is 2. The fourth-order valence-corrected chi connectivity index (χ4v) is 2.13. The molecule has 0 saturated carbocycles. The summed E-state index contributed by atoms with van der Waals surface area (Å²) in [6.45, 7) is 10.5. The number of rotatable bonds is 3. The average molecular weight is 519 g/mol. The molecule has 1 saturated heterocycles. The van der Waals surface area contributed by atoms with Crippen LogP contribution in [0.4, 0.5) is 38.1 Å². The number of guanidine groups is 1. The zero-order valence-electron chi connectivity index (χ0n) is 19.0. The topological polar surface area (TPSA) is 169 Å². The SMILES string of the molecule is CC(C)(C)CNc1nccc(N2CCN(C(=N)N)CC2)n1.O=C(O)C(F)(F)F.O=C(O)C(F)(F)F. The van der Waals surface area contributed by atoms with Crippen molar-refractivity contribution in [2.75, 3.05) is 42.9 Å². The first-order valence-electron chi connectivity index (χ1n) is 9.75. The number of halogens is 6. The number of piperazine rings is 1. The van der Waals surface area contributed by atoms with Crippen molar-refractivity contribution in [1.82, 2.24) is 14.9 Å². The summed E-state index contributed by atoms with van der Waals surface area (Å²) < 4.78 is 63.5. The average Bonchev–Trinajstić information content (AvgIpc) is 2.71. The van der Waals surface area contributed by atoms with Crippen molar-refractivity contribution in [3.8, 4) is 0 Å². The van der Waals surface area contributed by atoms with Crippen LogP contribution in [0.5, 0.6) is 0 Å². The number of carboxylic acid groups (broad SMARTS) is 2. The molecule has 2 rings (SSSR count). The molecule has 17 heteroatoms. The standard InChI is InChI=1S/C14H25N7.2C2HF3O2/c1-14(2,3)10-18-13-17-5-4-11(19-13)20-6-8-21(9-7-20)12(15)16;2*3-2(4,5)1(6)7/h4-5H,6-10H2,1-3H3,(H3,15,16)(H,17,18,19);2*(H,6,7). The van der Waals surface area contributed by atoms with Crippen molar-refractivity contribution < 1.29 is 46.1 Å². The van der Waals surface area contributed by atoms with E-state index in [1.807, 2.05) is 11.0 Å². The fourth-order valence-electron chi connectivity index (χ4n) is 2.13. The van der Waals surface area contributed by atoms with Crippen LogP contribution in [0.3, 0.4) is 0 Å². The monoisotopic (exact) mass is 519 g/mol. The molecule has 0 bridgehead atoms. The van der Waals surface area contributed by atoms with Gasteiger partial charge in [-0.2, -0.15) is 31.3 Å². The predicted molar refractivity (Wildman–Crippen MR) is 113 cm³/mol. The van der Waals surface area contributed by atoms with Crippen molar-refractivity contribution in [3.05, 3.63) is 12.3 Å². The van der Waals surface area contributed by atoms with Crippen LogP contribution in [0.2, 0.25) is 0 Å². The van der Waals surface area contributed by atoms with Gasteiger partial charge in [-0.05, 0) is 11.5 Å². The first-order chi connectivity index (χ1) is 15.7. The van der Waals surface area contributed by atoms with E-state index in [-0.39, 0.29) is 11.4 Å². The zero-order valence-corrected chi connectivity index (χ0v) is 19.0. The largest absolute Gasteiger partial charge is 0.490 e. The van der Waals surface area contributed by atoms with E-state index in [2.05, 4.69) is 41.0 Å². The Bertz CT molecular complexity index is 827. The van der Waals surface area contributed by atoms with Crippen LogP contribution in [-0.2, 0) is 9.59 Å². The zero-order chi connectivity index (χ0) is 27.6. The second kappa shape index (κ2) is 12.8. The van der Waals surface area contributed by atoms with Gasteiger partial charge < -0.3 is 31.1 Å². The number of nitrogens with zero attached hydrogens (tertiary/aromatic N) is 4. The normalized spacial score (nSPS) is 14.1. The molecular formula is C18H27F6N7O4. The number of alkyl halides is 6. The number of nitrogens with two attached hydrogens (primary N) is 1. The van der Waals surface area contributed by atoms with Gasteiger partial charge in [0.15, 0.2) is 5.96 Å². The third kappa shape index (κ3) is 13.7. The fraction of sp³-hybridized carbons (Fsp3) is 0.611. The molecule has 11 nitrogen and oxygen atoms in total. The molecule has 0 aliphatic carbocycles. The maximum absolute atomic E-state index is 10.6. The lowest BCUT2D eigenvalue weighted by molar-refractivity contribution is -0.193. The van der Waals surface area contributed by atoms with Gasteiger partial charge in [0, 0.05) is 38.9 Å². The van der Waals surface area contributed by atoms with Crippen molar-refractivity contribution in [2.24, 2.45) is 11.1 Å². The van der Waals surface area contributed by atoms with Crippen LogP contribution >= 0.6 is 0 Å². The lowest BCUT2D eigenvalue weighted by Gasteiger charge is -2.35. The Balaban J connectivity index is 0.000000680. The van der Waals surface area contributed by atoms with E-state index >= 15 is 0 Å². The van der Waals surface area contributed by atoms with Crippen molar-refractivity contribution in [2.45, 2.75) is 33.1 Å². The van der Waals surface area contributed by atoms with E-state index in [0.717, 1.165) is 38.5 Å². The quantitative estimate of drug-likeness (QED) is 0.227. The van der Waals surface area contributed by atoms with Crippen LogP contribution in [0.1, 0.15) is 20.8 Å². The first kappa shape index (κ1) is 31.5. The highest BCUT2D eigenvalue weighted by atomic mass is 19.4. The molecule has 1 aliphatic rings. The molecule has 200 valence electrons. The molecule has 0 atom stereocenters. The summed E-state index contributed by atoms with van der Waals surface area (Å²) in [6.07, 6.45) is -8.38.